The first-order valence-electron chi connectivity index (χ1n) is 6.11. The molecule has 1 saturated heterocycles. The molecule has 5 nitrogen and oxygen atoms in total. The van der Waals surface area contributed by atoms with Gasteiger partial charge in [-0.3, -0.25) is 4.90 Å². The highest BCUT2D eigenvalue weighted by atomic mass is 16.4. The van der Waals surface area contributed by atoms with Gasteiger partial charge in [-0.1, -0.05) is 0 Å². The van der Waals surface area contributed by atoms with E-state index in [1.165, 1.54) is 12.8 Å². The molecular weight excluding hydrogens is 218 g/mol. The number of hydrogen-bond acceptors (Lipinski definition) is 3. The van der Waals surface area contributed by atoms with Gasteiger partial charge in [-0.25, -0.2) is 9.78 Å². The van der Waals surface area contributed by atoms with Crippen molar-refractivity contribution in [2.75, 3.05) is 13.1 Å². The SMILES string of the molecule is CC(C)n1cc(CN2CCCC2)nc1C(=O)O. The van der Waals surface area contributed by atoms with Crippen LogP contribution in [-0.4, -0.2) is 38.6 Å². The fourth-order valence-corrected chi connectivity index (χ4v) is 2.24. The van der Waals surface area contributed by atoms with Crippen LogP contribution in [0.2, 0.25) is 0 Å². The molecule has 0 unspecified atom stereocenters. The summed E-state index contributed by atoms with van der Waals surface area (Å²) in [6.45, 7) is 6.88. The molecule has 94 valence electrons. The van der Waals surface area contributed by atoms with E-state index in [1.54, 1.807) is 4.57 Å². The minimum absolute atomic E-state index is 0.126. The maximum atomic E-state index is 11.1. The van der Waals surface area contributed by atoms with Gasteiger partial charge in [-0.2, -0.15) is 0 Å². The van der Waals surface area contributed by atoms with Gasteiger partial charge in [0.1, 0.15) is 0 Å². The minimum Gasteiger partial charge on any atom is -0.475 e. The zero-order valence-electron chi connectivity index (χ0n) is 10.4. The Hall–Kier alpha value is -1.36. The molecule has 0 spiro atoms. The summed E-state index contributed by atoms with van der Waals surface area (Å²) in [5.74, 6) is -0.805. The first kappa shape index (κ1) is 12.1. The predicted octanol–water partition coefficient (Wildman–Crippen LogP) is 1.76. The molecule has 1 N–H and O–H groups in total. The van der Waals surface area contributed by atoms with E-state index in [2.05, 4.69) is 9.88 Å². The van der Waals surface area contributed by atoms with Crippen LogP contribution in [0.25, 0.3) is 0 Å². The third-order valence-electron chi connectivity index (χ3n) is 3.11. The van der Waals surface area contributed by atoms with Crippen molar-refractivity contribution in [3.05, 3.63) is 17.7 Å². The molecule has 1 aliphatic heterocycles. The number of nitrogens with zero attached hydrogens (tertiary/aromatic N) is 3. The lowest BCUT2D eigenvalue weighted by Gasteiger charge is -2.11. The molecule has 0 amide bonds. The Balaban J connectivity index is 2.17. The monoisotopic (exact) mass is 237 g/mol. The number of rotatable bonds is 4. The molecule has 1 aromatic heterocycles. The van der Waals surface area contributed by atoms with E-state index in [9.17, 15) is 4.79 Å². The Labute approximate surface area is 101 Å². The molecule has 5 heteroatoms. The normalized spacial score (nSPS) is 16.9. The number of hydrogen-bond donors (Lipinski definition) is 1. The highest BCUT2D eigenvalue weighted by Crippen LogP contribution is 2.15. The van der Waals surface area contributed by atoms with Crippen molar-refractivity contribution in [2.45, 2.75) is 39.3 Å². The average Bonchev–Trinajstić information content (AvgIpc) is 2.86. The molecule has 0 atom stereocenters. The smallest absolute Gasteiger partial charge is 0.372 e. The summed E-state index contributed by atoms with van der Waals surface area (Å²) < 4.78 is 1.73. The number of aromatic carboxylic acids is 1. The Morgan fingerprint density at radius 3 is 2.59 bits per heavy atom. The Bertz CT molecular complexity index is 406. The Morgan fingerprint density at radius 2 is 2.12 bits per heavy atom. The molecule has 1 aromatic rings. The second-order valence-corrected chi connectivity index (χ2v) is 4.85. The van der Waals surface area contributed by atoms with Gasteiger partial charge in [-0.15, -0.1) is 0 Å². The van der Waals surface area contributed by atoms with E-state index < -0.39 is 5.97 Å². The van der Waals surface area contributed by atoms with Crippen LogP contribution in [-0.2, 0) is 6.54 Å². The number of likely N-dealkylation sites (tertiary alicyclic amines) is 1. The number of imidazole rings is 1. The van der Waals surface area contributed by atoms with E-state index >= 15 is 0 Å². The summed E-state index contributed by atoms with van der Waals surface area (Å²) in [5, 5.41) is 9.09. The number of carbonyl (C=O) groups is 1. The average molecular weight is 237 g/mol. The lowest BCUT2D eigenvalue weighted by molar-refractivity contribution is 0.0676. The lowest BCUT2D eigenvalue weighted by Crippen LogP contribution is -2.18. The van der Waals surface area contributed by atoms with Gasteiger partial charge in [-0.05, 0) is 39.8 Å². The van der Waals surface area contributed by atoms with Crippen LogP contribution in [0.5, 0.6) is 0 Å². The van der Waals surface area contributed by atoms with E-state index in [0.717, 1.165) is 25.3 Å². The van der Waals surface area contributed by atoms with Gasteiger partial charge >= 0.3 is 5.97 Å². The second kappa shape index (κ2) is 4.87. The third-order valence-corrected chi connectivity index (χ3v) is 3.11. The summed E-state index contributed by atoms with van der Waals surface area (Å²) in [5.41, 5.74) is 0.859. The van der Waals surface area contributed by atoms with Crippen LogP contribution in [0.15, 0.2) is 6.20 Å². The largest absolute Gasteiger partial charge is 0.475 e. The molecule has 2 heterocycles. The van der Waals surface area contributed by atoms with E-state index in [4.69, 9.17) is 5.11 Å². The summed E-state index contributed by atoms with van der Waals surface area (Å²) in [7, 11) is 0. The molecular formula is C12H19N3O2. The van der Waals surface area contributed by atoms with Crippen molar-refractivity contribution in [3.8, 4) is 0 Å². The van der Waals surface area contributed by atoms with Crippen molar-refractivity contribution in [1.29, 1.82) is 0 Å². The first-order chi connectivity index (χ1) is 8.08. The molecule has 0 radical (unpaired) electrons. The van der Waals surface area contributed by atoms with Gasteiger partial charge in [0.2, 0.25) is 5.82 Å². The third kappa shape index (κ3) is 2.66. The summed E-state index contributed by atoms with van der Waals surface area (Å²) in [6.07, 6.45) is 4.33. The van der Waals surface area contributed by atoms with Gasteiger partial charge in [0.15, 0.2) is 0 Å². The standard InChI is InChI=1S/C12H19N3O2/c1-9(2)15-8-10(13-11(15)12(16)17)7-14-5-3-4-6-14/h8-9H,3-7H2,1-2H3,(H,16,17). The zero-order chi connectivity index (χ0) is 12.4. The van der Waals surface area contributed by atoms with Crippen molar-refractivity contribution in [1.82, 2.24) is 14.5 Å². The highest BCUT2D eigenvalue weighted by Gasteiger charge is 2.19. The summed E-state index contributed by atoms with van der Waals surface area (Å²) in [4.78, 5) is 17.6. The second-order valence-electron chi connectivity index (χ2n) is 4.85. The topological polar surface area (TPSA) is 58.4 Å². The maximum absolute atomic E-state index is 11.1. The molecule has 0 saturated carbocycles. The van der Waals surface area contributed by atoms with Crippen LogP contribution in [0.3, 0.4) is 0 Å². The molecule has 0 aliphatic carbocycles. The minimum atomic E-state index is -0.952. The van der Waals surface area contributed by atoms with Gasteiger partial charge in [0, 0.05) is 18.8 Å². The number of aromatic nitrogens is 2. The number of carboxylic acid groups (broad SMARTS) is 1. The molecule has 2 rings (SSSR count). The van der Waals surface area contributed by atoms with Gasteiger partial charge in [0.25, 0.3) is 0 Å². The van der Waals surface area contributed by atoms with Crippen LogP contribution in [0.4, 0.5) is 0 Å². The van der Waals surface area contributed by atoms with Gasteiger partial charge < -0.3 is 9.67 Å². The Morgan fingerprint density at radius 1 is 1.47 bits per heavy atom. The predicted molar refractivity (Wildman–Crippen MR) is 64.1 cm³/mol. The fraction of sp³-hybridized carbons (Fsp3) is 0.667. The van der Waals surface area contributed by atoms with Crippen molar-refractivity contribution in [3.63, 3.8) is 0 Å². The summed E-state index contributed by atoms with van der Waals surface area (Å²) >= 11 is 0. The molecule has 0 aromatic carbocycles. The van der Waals surface area contributed by atoms with E-state index in [-0.39, 0.29) is 11.9 Å². The van der Waals surface area contributed by atoms with Crippen LogP contribution in [0, 0.1) is 0 Å². The van der Waals surface area contributed by atoms with Crippen molar-refractivity contribution in [2.24, 2.45) is 0 Å². The molecule has 0 bridgehead atoms. The summed E-state index contributed by atoms with van der Waals surface area (Å²) in [6, 6.07) is 0.126. The van der Waals surface area contributed by atoms with Crippen LogP contribution >= 0.6 is 0 Å². The zero-order valence-corrected chi connectivity index (χ0v) is 10.4. The molecule has 1 aliphatic rings. The fourth-order valence-electron chi connectivity index (χ4n) is 2.24. The molecule has 17 heavy (non-hydrogen) atoms. The van der Waals surface area contributed by atoms with Crippen LogP contribution in [0.1, 0.15) is 49.0 Å². The van der Waals surface area contributed by atoms with Crippen LogP contribution < -0.4 is 0 Å². The lowest BCUT2D eigenvalue weighted by atomic mass is 10.3. The Kier molecular flexibility index (Phi) is 3.47. The van der Waals surface area contributed by atoms with Crippen molar-refractivity contribution < 1.29 is 9.90 Å². The molecule has 1 fully saturated rings. The van der Waals surface area contributed by atoms with E-state index in [1.807, 2.05) is 20.0 Å². The maximum Gasteiger partial charge on any atom is 0.372 e. The van der Waals surface area contributed by atoms with Crippen molar-refractivity contribution >= 4 is 5.97 Å². The highest BCUT2D eigenvalue weighted by molar-refractivity contribution is 5.83. The van der Waals surface area contributed by atoms with E-state index in [0.29, 0.717) is 0 Å². The van der Waals surface area contributed by atoms with Gasteiger partial charge in [0.05, 0.1) is 5.69 Å². The quantitative estimate of drug-likeness (QED) is 0.866. The first-order valence-corrected chi connectivity index (χ1v) is 6.11. The number of carboxylic acids is 1.